The van der Waals surface area contributed by atoms with Gasteiger partial charge in [0.15, 0.2) is 0 Å². The van der Waals surface area contributed by atoms with Gasteiger partial charge in [0.05, 0.1) is 6.20 Å². The first-order valence-corrected chi connectivity index (χ1v) is 6.16. The smallest absolute Gasteiger partial charge is 0.147 e. The third-order valence-electron chi connectivity index (χ3n) is 3.61. The zero-order valence-electron chi connectivity index (χ0n) is 10.4. The van der Waals surface area contributed by atoms with Gasteiger partial charge in [0.1, 0.15) is 5.82 Å². The van der Waals surface area contributed by atoms with E-state index in [1.54, 1.807) is 10.9 Å². The van der Waals surface area contributed by atoms with Gasteiger partial charge in [0, 0.05) is 32.1 Å². The average molecular weight is 243 g/mol. The zero-order chi connectivity index (χ0) is 12.5. The van der Waals surface area contributed by atoms with E-state index in [0.717, 1.165) is 18.9 Å². The highest BCUT2D eigenvalue weighted by Crippen LogP contribution is 2.29. The van der Waals surface area contributed by atoms with Gasteiger partial charge in [0.25, 0.3) is 0 Å². The van der Waals surface area contributed by atoms with Gasteiger partial charge >= 0.3 is 0 Å². The Labute approximate surface area is 106 Å². The predicted molar refractivity (Wildman–Crippen MR) is 70.4 cm³/mol. The van der Waals surface area contributed by atoms with Crippen molar-refractivity contribution in [1.29, 1.82) is 0 Å². The van der Waals surface area contributed by atoms with Crippen molar-refractivity contribution in [3.63, 3.8) is 0 Å². The van der Waals surface area contributed by atoms with E-state index in [9.17, 15) is 0 Å². The summed E-state index contributed by atoms with van der Waals surface area (Å²) >= 11 is 0. The Hall–Kier alpha value is -1.88. The molecular formula is C13H17N5. The zero-order valence-corrected chi connectivity index (χ0v) is 10.4. The van der Waals surface area contributed by atoms with Gasteiger partial charge in [-0.3, -0.25) is 0 Å². The number of hydrogen-bond donors (Lipinski definition) is 1. The van der Waals surface area contributed by atoms with Crippen molar-refractivity contribution in [3.05, 3.63) is 42.1 Å². The molecule has 0 bridgehead atoms. The van der Waals surface area contributed by atoms with Crippen molar-refractivity contribution in [3.8, 4) is 0 Å². The van der Waals surface area contributed by atoms with Crippen LogP contribution in [0.25, 0.3) is 0 Å². The highest BCUT2D eigenvalue weighted by Gasteiger charge is 2.32. The van der Waals surface area contributed by atoms with Crippen molar-refractivity contribution in [2.45, 2.75) is 12.0 Å². The number of aryl methyl sites for hydroxylation is 1. The molecule has 94 valence electrons. The lowest BCUT2D eigenvalue weighted by atomic mass is 9.95. The molecule has 1 aliphatic heterocycles. The van der Waals surface area contributed by atoms with Gasteiger partial charge in [-0.05, 0) is 5.56 Å². The van der Waals surface area contributed by atoms with Crippen LogP contribution in [0, 0.1) is 0 Å². The molecule has 1 fully saturated rings. The first-order valence-electron chi connectivity index (χ1n) is 6.16. The van der Waals surface area contributed by atoms with E-state index in [2.05, 4.69) is 39.5 Å². The Morgan fingerprint density at radius 2 is 2.00 bits per heavy atom. The number of aromatic nitrogens is 3. The van der Waals surface area contributed by atoms with Crippen LogP contribution in [0.2, 0.25) is 0 Å². The minimum Gasteiger partial charge on any atom is -0.353 e. The summed E-state index contributed by atoms with van der Waals surface area (Å²) in [5.74, 6) is 1.41. The lowest BCUT2D eigenvalue weighted by molar-refractivity contribution is 0.653. The second-order valence-electron chi connectivity index (χ2n) is 4.80. The summed E-state index contributed by atoms with van der Waals surface area (Å²) in [6.07, 6.45) is 1.79. The van der Waals surface area contributed by atoms with Crippen molar-refractivity contribution in [2.75, 3.05) is 18.0 Å². The summed E-state index contributed by atoms with van der Waals surface area (Å²) in [5.41, 5.74) is 7.57. The van der Waals surface area contributed by atoms with Crippen molar-refractivity contribution in [1.82, 2.24) is 15.0 Å². The molecule has 0 saturated carbocycles. The minimum atomic E-state index is 0.155. The monoisotopic (exact) mass is 243 g/mol. The van der Waals surface area contributed by atoms with Gasteiger partial charge in [-0.15, -0.1) is 5.10 Å². The van der Waals surface area contributed by atoms with Crippen LogP contribution in [-0.2, 0) is 7.05 Å². The SMILES string of the molecule is Cn1nncc1N1C[C@@H](N)[C@H](c2ccccc2)C1. The number of hydrogen-bond acceptors (Lipinski definition) is 4. The third-order valence-corrected chi connectivity index (χ3v) is 3.61. The summed E-state index contributed by atoms with van der Waals surface area (Å²) in [5, 5.41) is 7.89. The fraction of sp³-hybridized carbons (Fsp3) is 0.385. The molecular weight excluding hydrogens is 226 g/mol. The van der Waals surface area contributed by atoms with Gasteiger partial charge in [-0.1, -0.05) is 35.5 Å². The summed E-state index contributed by atoms with van der Waals surface area (Å²) in [6, 6.07) is 10.6. The van der Waals surface area contributed by atoms with Gasteiger partial charge in [-0.25, -0.2) is 4.68 Å². The summed E-state index contributed by atoms with van der Waals surface area (Å²) in [7, 11) is 1.91. The second kappa shape index (κ2) is 4.42. The number of anilines is 1. The lowest BCUT2D eigenvalue weighted by Crippen LogP contribution is -2.29. The molecule has 2 heterocycles. The van der Waals surface area contributed by atoms with Crippen LogP contribution in [0.5, 0.6) is 0 Å². The molecule has 5 nitrogen and oxygen atoms in total. The molecule has 1 aliphatic rings. The molecule has 0 radical (unpaired) electrons. The van der Waals surface area contributed by atoms with E-state index in [0.29, 0.717) is 5.92 Å². The lowest BCUT2D eigenvalue weighted by Gasteiger charge is -2.17. The molecule has 2 atom stereocenters. The van der Waals surface area contributed by atoms with E-state index < -0.39 is 0 Å². The second-order valence-corrected chi connectivity index (χ2v) is 4.80. The Balaban J connectivity index is 1.83. The van der Waals surface area contributed by atoms with E-state index in [1.807, 2.05) is 13.1 Å². The van der Waals surface area contributed by atoms with E-state index in [4.69, 9.17) is 5.73 Å². The molecule has 1 aromatic carbocycles. The summed E-state index contributed by atoms with van der Waals surface area (Å²) in [6.45, 7) is 1.77. The van der Waals surface area contributed by atoms with E-state index in [1.165, 1.54) is 5.56 Å². The topological polar surface area (TPSA) is 60.0 Å². The standard InChI is InChI=1S/C13H17N5/c1-17-13(7-15-16-17)18-8-11(12(14)9-18)10-5-3-2-4-6-10/h2-7,11-12H,8-9,14H2,1H3/t11-,12+/m0/s1. The summed E-state index contributed by atoms with van der Waals surface area (Å²) < 4.78 is 1.79. The van der Waals surface area contributed by atoms with E-state index >= 15 is 0 Å². The van der Waals surface area contributed by atoms with Crippen LogP contribution >= 0.6 is 0 Å². The first kappa shape index (κ1) is 11.2. The van der Waals surface area contributed by atoms with Crippen LogP contribution < -0.4 is 10.6 Å². The number of nitrogens with zero attached hydrogens (tertiary/aromatic N) is 4. The average Bonchev–Trinajstić information content (AvgIpc) is 2.96. The number of benzene rings is 1. The number of rotatable bonds is 2. The minimum absolute atomic E-state index is 0.155. The van der Waals surface area contributed by atoms with Crippen LogP contribution in [0.3, 0.4) is 0 Å². The Kier molecular flexibility index (Phi) is 2.76. The van der Waals surface area contributed by atoms with Crippen LogP contribution in [0.15, 0.2) is 36.5 Å². The maximum Gasteiger partial charge on any atom is 0.147 e. The first-order chi connectivity index (χ1) is 8.75. The normalized spacial score (nSPS) is 23.6. The van der Waals surface area contributed by atoms with Crippen molar-refractivity contribution >= 4 is 5.82 Å². The fourth-order valence-corrected chi connectivity index (χ4v) is 2.64. The van der Waals surface area contributed by atoms with Crippen molar-refractivity contribution in [2.24, 2.45) is 12.8 Å². The third kappa shape index (κ3) is 1.86. The molecule has 2 N–H and O–H groups in total. The predicted octanol–water partition coefficient (Wildman–Crippen LogP) is 0.746. The number of nitrogens with two attached hydrogens (primary N) is 1. The van der Waals surface area contributed by atoms with Gasteiger partial charge < -0.3 is 10.6 Å². The fourth-order valence-electron chi connectivity index (χ4n) is 2.64. The van der Waals surface area contributed by atoms with E-state index in [-0.39, 0.29) is 6.04 Å². The van der Waals surface area contributed by atoms with Crippen LogP contribution in [0.4, 0.5) is 5.82 Å². The largest absolute Gasteiger partial charge is 0.353 e. The molecule has 0 spiro atoms. The van der Waals surface area contributed by atoms with Crippen LogP contribution in [0.1, 0.15) is 11.5 Å². The molecule has 1 aromatic heterocycles. The highest BCUT2D eigenvalue weighted by atomic mass is 15.5. The maximum atomic E-state index is 6.27. The Morgan fingerprint density at radius 1 is 1.22 bits per heavy atom. The highest BCUT2D eigenvalue weighted by molar-refractivity contribution is 5.41. The molecule has 0 aliphatic carbocycles. The van der Waals surface area contributed by atoms with Gasteiger partial charge in [-0.2, -0.15) is 0 Å². The molecule has 0 unspecified atom stereocenters. The summed E-state index contributed by atoms with van der Waals surface area (Å²) in [4.78, 5) is 2.25. The molecule has 2 aromatic rings. The Bertz CT molecular complexity index is 521. The van der Waals surface area contributed by atoms with Crippen LogP contribution in [-0.4, -0.2) is 34.1 Å². The van der Waals surface area contributed by atoms with Crippen molar-refractivity contribution < 1.29 is 0 Å². The molecule has 0 amide bonds. The molecule has 5 heteroatoms. The maximum absolute atomic E-state index is 6.27. The van der Waals surface area contributed by atoms with Gasteiger partial charge in [0.2, 0.25) is 0 Å². The molecule has 18 heavy (non-hydrogen) atoms. The molecule has 3 rings (SSSR count). The Morgan fingerprint density at radius 3 is 2.67 bits per heavy atom. The quantitative estimate of drug-likeness (QED) is 0.845. The molecule has 1 saturated heterocycles.